The molecule has 0 radical (unpaired) electrons. The van der Waals surface area contributed by atoms with Crippen molar-refractivity contribution >= 4 is 0 Å². The van der Waals surface area contributed by atoms with Gasteiger partial charge in [-0.1, -0.05) is 0 Å². The van der Waals surface area contributed by atoms with Crippen LogP contribution in [0.1, 0.15) is 19.8 Å². The smallest absolute Gasteiger partial charge is 0.0928 e. The van der Waals surface area contributed by atoms with Gasteiger partial charge < -0.3 is 9.64 Å². The molecule has 2 heteroatoms. The van der Waals surface area contributed by atoms with Gasteiger partial charge in [0.25, 0.3) is 0 Å². The maximum atomic E-state index is 5.46. The largest absolute Gasteiger partial charge is 0.370 e. The SMILES string of the molecule is CN1CCCC(C2(C)CO2)C1. The van der Waals surface area contributed by atoms with Crippen LogP contribution in [0.4, 0.5) is 0 Å². The second kappa shape index (κ2) is 2.46. The molecule has 0 N–H and O–H groups in total. The number of piperidine rings is 1. The molecule has 0 aromatic heterocycles. The summed E-state index contributed by atoms with van der Waals surface area (Å²) in [5.74, 6) is 0.793. The first-order valence-electron chi connectivity index (χ1n) is 4.53. The highest BCUT2D eigenvalue weighted by molar-refractivity contribution is 4.96. The zero-order chi connectivity index (χ0) is 7.90. The van der Waals surface area contributed by atoms with Crippen LogP contribution in [-0.2, 0) is 4.74 Å². The Morgan fingerprint density at radius 2 is 2.27 bits per heavy atom. The molecule has 0 bridgehead atoms. The molecule has 0 saturated carbocycles. The average molecular weight is 155 g/mol. The lowest BCUT2D eigenvalue weighted by atomic mass is 9.87. The van der Waals surface area contributed by atoms with Gasteiger partial charge in [0.05, 0.1) is 12.2 Å². The molecule has 0 aromatic rings. The molecule has 2 rings (SSSR count). The summed E-state index contributed by atoms with van der Waals surface area (Å²) in [6, 6.07) is 0. The minimum atomic E-state index is 0.259. The number of ether oxygens (including phenoxy) is 1. The van der Waals surface area contributed by atoms with E-state index in [0.717, 1.165) is 12.5 Å². The predicted octanol–water partition coefficient (Wildman–Crippen LogP) is 1.12. The van der Waals surface area contributed by atoms with E-state index in [9.17, 15) is 0 Å². The van der Waals surface area contributed by atoms with E-state index in [-0.39, 0.29) is 5.60 Å². The standard InChI is InChI=1S/C9H17NO/c1-9(7-11-9)8-4-3-5-10(2)6-8/h8H,3-7H2,1-2H3. The van der Waals surface area contributed by atoms with E-state index < -0.39 is 0 Å². The lowest BCUT2D eigenvalue weighted by Gasteiger charge is -2.31. The number of likely N-dealkylation sites (tertiary alicyclic amines) is 1. The zero-order valence-electron chi connectivity index (χ0n) is 7.47. The van der Waals surface area contributed by atoms with Gasteiger partial charge in [0.1, 0.15) is 0 Å². The van der Waals surface area contributed by atoms with Gasteiger partial charge >= 0.3 is 0 Å². The van der Waals surface area contributed by atoms with Gasteiger partial charge in [-0.2, -0.15) is 0 Å². The van der Waals surface area contributed by atoms with Gasteiger partial charge in [-0.05, 0) is 33.4 Å². The van der Waals surface area contributed by atoms with E-state index in [1.54, 1.807) is 0 Å². The molecule has 2 aliphatic rings. The van der Waals surface area contributed by atoms with Crippen LogP contribution in [0.2, 0.25) is 0 Å². The fourth-order valence-corrected chi connectivity index (χ4v) is 2.01. The third kappa shape index (κ3) is 1.42. The Kier molecular flexibility index (Phi) is 1.69. The highest BCUT2D eigenvalue weighted by Crippen LogP contribution is 2.39. The molecule has 2 saturated heterocycles. The average Bonchev–Trinajstić information content (AvgIpc) is 2.70. The van der Waals surface area contributed by atoms with Crippen LogP contribution in [0, 0.1) is 5.92 Å². The van der Waals surface area contributed by atoms with E-state index in [1.807, 2.05) is 0 Å². The van der Waals surface area contributed by atoms with E-state index in [0.29, 0.717) is 0 Å². The highest BCUT2D eigenvalue weighted by Gasteiger charge is 2.47. The fraction of sp³-hybridized carbons (Fsp3) is 1.00. The van der Waals surface area contributed by atoms with E-state index in [2.05, 4.69) is 18.9 Å². The van der Waals surface area contributed by atoms with Gasteiger partial charge in [-0.3, -0.25) is 0 Å². The number of nitrogens with zero attached hydrogens (tertiary/aromatic N) is 1. The Morgan fingerprint density at radius 1 is 1.55 bits per heavy atom. The number of hydrogen-bond acceptors (Lipinski definition) is 2. The normalized spacial score (nSPS) is 45.8. The molecule has 2 aliphatic heterocycles. The Morgan fingerprint density at radius 3 is 2.82 bits per heavy atom. The summed E-state index contributed by atoms with van der Waals surface area (Å²) in [6.07, 6.45) is 2.71. The Labute approximate surface area is 68.5 Å². The summed E-state index contributed by atoms with van der Waals surface area (Å²) in [4.78, 5) is 2.42. The first kappa shape index (κ1) is 7.56. The van der Waals surface area contributed by atoms with Gasteiger partial charge in [-0.15, -0.1) is 0 Å². The van der Waals surface area contributed by atoms with Crippen LogP contribution in [0.3, 0.4) is 0 Å². The molecule has 0 aromatic carbocycles. The van der Waals surface area contributed by atoms with Crippen molar-refractivity contribution in [1.82, 2.24) is 4.90 Å². The molecule has 0 aliphatic carbocycles. The molecular weight excluding hydrogens is 138 g/mol. The van der Waals surface area contributed by atoms with Crippen molar-refractivity contribution in [3.63, 3.8) is 0 Å². The third-order valence-corrected chi connectivity index (χ3v) is 3.09. The van der Waals surface area contributed by atoms with Crippen molar-refractivity contribution in [1.29, 1.82) is 0 Å². The third-order valence-electron chi connectivity index (χ3n) is 3.09. The molecular formula is C9H17NO. The summed E-state index contributed by atoms with van der Waals surface area (Å²) >= 11 is 0. The summed E-state index contributed by atoms with van der Waals surface area (Å²) in [5.41, 5.74) is 0.259. The highest BCUT2D eigenvalue weighted by atomic mass is 16.6. The lowest BCUT2D eigenvalue weighted by Crippen LogP contribution is -2.38. The van der Waals surface area contributed by atoms with Gasteiger partial charge in [-0.25, -0.2) is 0 Å². The topological polar surface area (TPSA) is 15.8 Å². The first-order chi connectivity index (χ1) is 5.21. The Hall–Kier alpha value is -0.0800. The van der Waals surface area contributed by atoms with Crippen molar-refractivity contribution in [3.05, 3.63) is 0 Å². The summed E-state index contributed by atoms with van der Waals surface area (Å²) in [7, 11) is 2.21. The number of hydrogen-bond donors (Lipinski definition) is 0. The molecule has 2 atom stereocenters. The lowest BCUT2D eigenvalue weighted by molar-refractivity contribution is 0.133. The zero-order valence-corrected chi connectivity index (χ0v) is 7.47. The minimum Gasteiger partial charge on any atom is -0.370 e. The van der Waals surface area contributed by atoms with Crippen molar-refractivity contribution < 1.29 is 4.74 Å². The molecule has 0 spiro atoms. The maximum Gasteiger partial charge on any atom is 0.0928 e. The number of rotatable bonds is 1. The van der Waals surface area contributed by atoms with E-state index in [1.165, 1.54) is 25.9 Å². The fourth-order valence-electron chi connectivity index (χ4n) is 2.01. The summed E-state index contributed by atoms with van der Waals surface area (Å²) in [5, 5.41) is 0. The molecule has 0 amide bonds. The second-order valence-electron chi connectivity index (χ2n) is 4.20. The van der Waals surface area contributed by atoms with Crippen molar-refractivity contribution in [3.8, 4) is 0 Å². The molecule has 2 nitrogen and oxygen atoms in total. The van der Waals surface area contributed by atoms with Crippen LogP contribution < -0.4 is 0 Å². The maximum absolute atomic E-state index is 5.46. The van der Waals surface area contributed by atoms with Crippen molar-refractivity contribution in [2.24, 2.45) is 5.92 Å². The van der Waals surface area contributed by atoms with Gasteiger partial charge in [0.2, 0.25) is 0 Å². The second-order valence-corrected chi connectivity index (χ2v) is 4.20. The van der Waals surface area contributed by atoms with Gasteiger partial charge in [0, 0.05) is 12.5 Å². The predicted molar refractivity (Wildman–Crippen MR) is 44.6 cm³/mol. The monoisotopic (exact) mass is 155 g/mol. The van der Waals surface area contributed by atoms with Crippen LogP contribution in [-0.4, -0.2) is 37.2 Å². The quantitative estimate of drug-likeness (QED) is 0.527. The molecule has 2 unspecified atom stereocenters. The van der Waals surface area contributed by atoms with Crippen LogP contribution in [0.5, 0.6) is 0 Å². The molecule has 11 heavy (non-hydrogen) atoms. The molecule has 64 valence electrons. The van der Waals surface area contributed by atoms with Crippen LogP contribution >= 0.6 is 0 Å². The van der Waals surface area contributed by atoms with E-state index in [4.69, 9.17) is 4.74 Å². The molecule has 2 heterocycles. The Bertz CT molecular complexity index is 154. The van der Waals surface area contributed by atoms with Gasteiger partial charge in [0.15, 0.2) is 0 Å². The first-order valence-corrected chi connectivity index (χ1v) is 4.53. The van der Waals surface area contributed by atoms with Crippen molar-refractivity contribution in [2.45, 2.75) is 25.4 Å². The summed E-state index contributed by atoms with van der Waals surface area (Å²) in [6.45, 7) is 5.74. The molecule has 2 fully saturated rings. The summed E-state index contributed by atoms with van der Waals surface area (Å²) < 4.78 is 5.46. The van der Waals surface area contributed by atoms with Crippen molar-refractivity contribution in [2.75, 3.05) is 26.7 Å². The minimum absolute atomic E-state index is 0.259. The van der Waals surface area contributed by atoms with Crippen LogP contribution in [0.25, 0.3) is 0 Å². The Balaban J connectivity index is 1.93. The van der Waals surface area contributed by atoms with E-state index >= 15 is 0 Å². The van der Waals surface area contributed by atoms with Crippen LogP contribution in [0.15, 0.2) is 0 Å². The number of epoxide rings is 1.